The molecule has 1 fully saturated rings. The summed E-state index contributed by atoms with van der Waals surface area (Å²) in [6, 6.07) is 17.2. The molecule has 2 heterocycles. The van der Waals surface area contributed by atoms with Crippen molar-refractivity contribution in [3.05, 3.63) is 104 Å². The molecule has 1 aromatic heterocycles. The number of aromatic hydroxyl groups is 1. The third kappa shape index (κ3) is 5.00. The smallest absolute Gasteiger partial charge is 0.289 e. The van der Waals surface area contributed by atoms with Gasteiger partial charge < -0.3 is 30.0 Å². The maximum absolute atomic E-state index is 13.2. The molecule has 0 aliphatic carbocycles. The molecule has 3 aromatic carbocycles. The van der Waals surface area contributed by atoms with Gasteiger partial charge in [-0.3, -0.25) is 19.2 Å². The molecule has 4 aromatic rings. The summed E-state index contributed by atoms with van der Waals surface area (Å²) in [5.74, 6) is -0.728. The quantitative estimate of drug-likeness (QED) is 0.234. The predicted octanol–water partition coefficient (Wildman–Crippen LogP) is 3.49. The standard InChI is InChI=1S/C29H28N4O6/c1-2-20(18-8-4-3-5-9-18)30-23-24(27(36)26(23)35)31-21-11-6-10-19(25(21)34)28(37)32-13-15-33(16-14-32)29(38)22-12-7-17-39-22/h3-12,17,20,30-31,34H,2,13-16H2,1H3/t20-/m1/s1. The second-order valence-corrected chi connectivity index (χ2v) is 9.31. The number of anilines is 3. The van der Waals surface area contributed by atoms with Crippen LogP contribution in [0.15, 0.2) is 80.9 Å². The topological polar surface area (TPSA) is 132 Å². The number of hydrogen-bond donors (Lipinski definition) is 3. The predicted molar refractivity (Wildman–Crippen MR) is 146 cm³/mol. The Morgan fingerprint density at radius 2 is 1.54 bits per heavy atom. The van der Waals surface area contributed by atoms with Gasteiger partial charge in [0.25, 0.3) is 22.7 Å². The first-order valence-electron chi connectivity index (χ1n) is 12.7. The fraction of sp³-hybridized carbons (Fsp3) is 0.241. The fourth-order valence-electron chi connectivity index (χ4n) is 4.72. The molecule has 1 aliphatic rings. The number of phenolic OH excluding ortho intramolecular Hbond substituents is 1. The molecular formula is C29H28N4O6. The number of carbonyl (C=O) groups excluding carboxylic acids is 2. The summed E-state index contributed by atoms with van der Waals surface area (Å²) < 4.78 is 5.17. The van der Waals surface area contributed by atoms with Crippen molar-refractivity contribution >= 4 is 28.9 Å². The van der Waals surface area contributed by atoms with E-state index in [0.717, 1.165) is 5.56 Å². The normalized spacial score (nSPS) is 14.3. The van der Waals surface area contributed by atoms with E-state index in [2.05, 4.69) is 10.6 Å². The monoisotopic (exact) mass is 528 g/mol. The lowest BCUT2D eigenvalue weighted by Crippen LogP contribution is -2.50. The Labute approximate surface area is 224 Å². The first-order chi connectivity index (χ1) is 18.9. The largest absolute Gasteiger partial charge is 0.505 e. The van der Waals surface area contributed by atoms with Crippen LogP contribution in [0.3, 0.4) is 0 Å². The van der Waals surface area contributed by atoms with Crippen molar-refractivity contribution in [2.45, 2.75) is 19.4 Å². The van der Waals surface area contributed by atoms with Gasteiger partial charge in [0, 0.05) is 26.2 Å². The summed E-state index contributed by atoms with van der Waals surface area (Å²) in [6.07, 6.45) is 2.11. The molecule has 39 heavy (non-hydrogen) atoms. The average Bonchev–Trinajstić information content (AvgIpc) is 3.52. The molecule has 3 N–H and O–H groups in total. The second-order valence-electron chi connectivity index (χ2n) is 9.31. The molecule has 2 amide bonds. The van der Waals surface area contributed by atoms with Gasteiger partial charge >= 0.3 is 0 Å². The molecule has 10 heteroatoms. The van der Waals surface area contributed by atoms with E-state index >= 15 is 0 Å². The molecule has 200 valence electrons. The Morgan fingerprint density at radius 3 is 2.18 bits per heavy atom. The Bertz CT molecular complexity index is 1550. The third-order valence-corrected chi connectivity index (χ3v) is 6.95. The number of hydrogen-bond acceptors (Lipinski definition) is 8. The highest BCUT2D eigenvalue weighted by Crippen LogP contribution is 2.33. The number of nitrogens with zero attached hydrogens (tertiary/aromatic N) is 2. The third-order valence-electron chi connectivity index (χ3n) is 6.95. The lowest BCUT2D eigenvalue weighted by atomic mass is 10.0. The van der Waals surface area contributed by atoms with E-state index in [1.807, 2.05) is 37.3 Å². The number of nitrogens with one attached hydrogen (secondary N) is 2. The summed E-state index contributed by atoms with van der Waals surface area (Å²) in [4.78, 5) is 53.7. The number of amides is 2. The Kier molecular flexibility index (Phi) is 7.18. The fourth-order valence-corrected chi connectivity index (χ4v) is 4.72. The molecule has 0 radical (unpaired) electrons. The molecule has 0 spiro atoms. The van der Waals surface area contributed by atoms with Crippen LogP contribution in [0.4, 0.5) is 17.1 Å². The van der Waals surface area contributed by atoms with Crippen molar-refractivity contribution in [2.75, 3.05) is 36.8 Å². The van der Waals surface area contributed by atoms with Crippen molar-refractivity contribution in [1.29, 1.82) is 0 Å². The lowest BCUT2D eigenvalue weighted by molar-refractivity contribution is 0.0516. The van der Waals surface area contributed by atoms with E-state index in [4.69, 9.17) is 4.42 Å². The number of piperazine rings is 1. The number of benzene rings is 2. The number of phenols is 1. The van der Waals surface area contributed by atoms with Crippen LogP contribution in [0.5, 0.6) is 5.75 Å². The zero-order valence-electron chi connectivity index (χ0n) is 21.3. The molecule has 1 atom stereocenters. The Balaban J connectivity index is 1.29. The Morgan fingerprint density at radius 1 is 0.872 bits per heavy atom. The van der Waals surface area contributed by atoms with Crippen molar-refractivity contribution in [3.63, 3.8) is 0 Å². The van der Waals surface area contributed by atoms with E-state index in [9.17, 15) is 24.3 Å². The van der Waals surface area contributed by atoms with Crippen LogP contribution in [0.25, 0.3) is 0 Å². The number of furan rings is 1. The van der Waals surface area contributed by atoms with E-state index in [1.165, 1.54) is 18.4 Å². The minimum absolute atomic E-state index is 0.0410. The van der Waals surface area contributed by atoms with Gasteiger partial charge in [-0.1, -0.05) is 43.3 Å². The van der Waals surface area contributed by atoms with E-state index in [-0.39, 0.29) is 59.2 Å². The first kappa shape index (κ1) is 25.8. The van der Waals surface area contributed by atoms with Crippen LogP contribution in [0.2, 0.25) is 0 Å². The zero-order chi connectivity index (χ0) is 27.5. The molecule has 10 nitrogen and oxygen atoms in total. The molecule has 0 bridgehead atoms. The van der Waals surface area contributed by atoms with Crippen molar-refractivity contribution in [2.24, 2.45) is 0 Å². The van der Waals surface area contributed by atoms with Gasteiger partial charge in [0.2, 0.25) is 0 Å². The van der Waals surface area contributed by atoms with Crippen LogP contribution in [-0.4, -0.2) is 52.9 Å². The number of rotatable bonds is 8. The highest BCUT2D eigenvalue weighted by Gasteiger charge is 2.29. The van der Waals surface area contributed by atoms with Crippen molar-refractivity contribution in [1.82, 2.24) is 9.80 Å². The van der Waals surface area contributed by atoms with Gasteiger partial charge in [0.15, 0.2) is 11.5 Å². The minimum atomic E-state index is -0.700. The maximum atomic E-state index is 13.2. The van der Waals surface area contributed by atoms with Gasteiger partial charge in [0.05, 0.1) is 23.6 Å². The van der Waals surface area contributed by atoms with Crippen LogP contribution in [0.1, 0.15) is 45.9 Å². The molecule has 1 saturated heterocycles. The van der Waals surface area contributed by atoms with E-state index in [0.29, 0.717) is 19.5 Å². The summed E-state index contributed by atoms with van der Waals surface area (Å²) >= 11 is 0. The molecular weight excluding hydrogens is 500 g/mol. The molecule has 0 saturated carbocycles. The second kappa shape index (κ2) is 10.9. The SMILES string of the molecule is CC[C@@H](Nc1c(Nc2cccc(C(=O)N3CCN(C(=O)c4ccco4)CC3)c2O)c(=O)c1=O)c1ccccc1. The van der Waals surface area contributed by atoms with Gasteiger partial charge in [-0.2, -0.15) is 0 Å². The van der Waals surface area contributed by atoms with Crippen LogP contribution < -0.4 is 21.5 Å². The summed E-state index contributed by atoms with van der Waals surface area (Å²) in [5.41, 5.74) is 0.00324. The van der Waals surface area contributed by atoms with Gasteiger partial charge in [-0.15, -0.1) is 0 Å². The number of para-hydroxylation sites is 1. The highest BCUT2D eigenvalue weighted by molar-refractivity contribution is 5.99. The summed E-state index contributed by atoms with van der Waals surface area (Å²) in [5, 5.41) is 17.0. The first-order valence-corrected chi connectivity index (χ1v) is 12.7. The molecule has 0 unspecified atom stereocenters. The lowest BCUT2D eigenvalue weighted by Gasteiger charge is -2.34. The zero-order valence-corrected chi connectivity index (χ0v) is 21.3. The summed E-state index contributed by atoms with van der Waals surface area (Å²) in [7, 11) is 0. The van der Waals surface area contributed by atoms with Crippen LogP contribution in [-0.2, 0) is 0 Å². The molecule has 1 aliphatic heterocycles. The molecule has 5 rings (SSSR count). The van der Waals surface area contributed by atoms with Gasteiger partial charge in [-0.25, -0.2) is 0 Å². The average molecular weight is 529 g/mol. The number of carbonyl (C=O) groups is 2. The van der Waals surface area contributed by atoms with Gasteiger partial charge in [-0.05, 0) is 36.2 Å². The van der Waals surface area contributed by atoms with Crippen LogP contribution in [0, 0.1) is 0 Å². The summed E-state index contributed by atoms with van der Waals surface area (Å²) in [6.45, 7) is 3.18. The van der Waals surface area contributed by atoms with E-state index in [1.54, 1.807) is 28.0 Å². The highest BCUT2D eigenvalue weighted by atomic mass is 16.3. The van der Waals surface area contributed by atoms with Crippen LogP contribution >= 0.6 is 0 Å². The Hall–Kier alpha value is -4.86. The van der Waals surface area contributed by atoms with Crippen molar-refractivity contribution in [3.8, 4) is 5.75 Å². The van der Waals surface area contributed by atoms with Crippen molar-refractivity contribution < 1.29 is 19.1 Å². The minimum Gasteiger partial charge on any atom is -0.505 e. The van der Waals surface area contributed by atoms with Gasteiger partial charge in [0.1, 0.15) is 11.4 Å². The maximum Gasteiger partial charge on any atom is 0.289 e. The van der Waals surface area contributed by atoms with E-state index < -0.39 is 16.8 Å².